The Morgan fingerprint density at radius 3 is 2.77 bits per heavy atom. The Balaban J connectivity index is 2.63. The van der Waals surface area contributed by atoms with Gasteiger partial charge in [0.05, 0.1) is 5.69 Å². The number of halogens is 1. The van der Waals surface area contributed by atoms with Crippen molar-refractivity contribution in [2.45, 2.75) is 20.3 Å². The second-order valence-electron chi connectivity index (χ2n) is 2.95. The molecule has 0 unspecified atom stereocenters. The highest BCUT2D eigenvalue weighted by Gasteiger charge is 2.07. The molecule has 1 heterocycles. The highest BCUT2D eigenvalue weighted by molar-refractivity contribution is 9.09. The predicted molar refractivity (Wildman–Crippen MR) is 63.1 cm³/mol. The molecule has 1 rings (SSSR count). The lowest BCUT2D eigenvalue weighted by Gasteiger charge is -2.19. The molecule has 0 amide bonds. The Bertz CT molecular complexity index is 244. The van der Waals surface area contributed by atoms with Crippen molar-refractivity contribution in [3.8, 4) is 0 Å². The van der Waals surface area contributed by atoms with Crippen LogP contribution in [0.3, 0.4) is 0 Å². The van der Waals surface area contributed by atoms with Crippen molar-refractivity contribution < 1.29 is 0 Å². The largest absolute Gasteiger partial charge is 0.347 e. The zero-order valence-corrected chi connectivity index (χ0v) is 10.5. The molecule has 0 atom stereocenters. The first kappa shape index (κ1) is 11.0. The minimum Gasteiger partial charge on any atom is -0.347 e. The zero-order chi connectivity index (χ0) is 9.68. The van der Waals surface area contributed by atoms with E-state index in [1.165, 1.54) is 6.42 Å². The van der Waals surface area contributed by atoms with Crippen LogP contribution in [0.25, 0.3) is 0 Å². The first-order valence-electron chi connectivity index (χ1n) is 4.51. The number of nitrogens with zero attached hydrogens (tertiary/aromatic N) is 2. The summed E-state index contributed by atoms with van der Waals surface area (Å²) in [6, 6.07) is 0. The third kappa shape index (κ3) is 3.27. The van der Waals surface area contributed by atoms with E-state index in [0.29, 0.717) is 0 Å². The van der Waals surface area contributed by atoms with Gasteiger partial charge < -0.3 is 4.90 Å². The molecule has 4 heteroatoms. The van der Waals surface area contributed by atoms with E-state index in [2.05, 4.69) is 38.1 Å². The third-order valence-corrected chi connectivity index (χ3v) is 3.10. The van der Waals surface area contributed by atoms with Crippen LogP contribution in [0, 0.1) is 6.92 Å². The van der Waals surface area contributed by atoms with E-state index in [0.717, 1.165) is 29.2 Å². The van der Waals surface area contributed by atoms with Crippen molar-refractivity contribution in [2.24, 2.45) is 0 Å². The van der Waals surface area contributed by atoms with E-state index in [1.807, 2.05) is 6.92 Å². The molecule has 0 bridgehead atoms. The highest BCUT2D eigenvalue weighted by Crippen LogP contribution is 2.20. The van der Waals surface area contributed by atoms with Crippen molar-refractivity contribution in [1.29, 1.82) is 0 Å². The second kappa shape index (κ2) is 5.60. The molecule has 2 nitrogen and oxygen atoms in total. The van der Waals surface area contributed by atoms with Crippen molar-refractivity contribution in [2.75, 3.05) is 23.3 Å². The number of rotatable bonds is 5. The average molecular weight is 263 g/mol. The van der Waals surface area contributed by atoms with Gasteiger partial charge in [0.25, 0.3) is 0 Å². The number of anilines is 1. The molecule has 0 aromatic carbocycles. The number of aromatic nitrogens is 1. The van der Waals surface area contributed by atoms with Crippen LogP contribution in [0.4, 0.5) is 5.13 Å². The van der Waals surface area contributed by atoms with Gasteiger partial charge in [-0.3, -0.25) is 0 Å². The van der Waals surface area contributed by atoms with Crippen molar-refractivity contribution in [3.63, 3.8) is 0 Å². The Morgan fingerprint density at radius 1 is 1.54 bits per heavy atom. The molecule has 74 valence electrons. The molecule has 0 N–H and O–H groups in total. The van der Waals surface area contributed by atoms with Gasteiger partial charge in [0, 0.05) is 23.8 Å². The summed E-state index contributed by atoms with van der Waals surface area (Å²) in [6.45, 7) is 6.37. The molecule has 0 radical (unpaired) electrons. The molecular formula is C9H15BrN2S. The Morgan fingerprint density at radius 2 is 2.31 bits per heavy atom. The highest BCUT2D eigenvalue weighted by atomic mass is 79.9. The molecule has 0 spiro atoms. The third-order valence-electron chi connectivity index (χ3n) is 1.73. The smallest absolute Gasteiger partial charge is 0.185 e. The maximum atomic E-state index is 4.47. The summed E-state index contributed by atoms with van der Waals surface area (Å²) in [5.74, 6) is 0. The minimum absolute atomic E-state index is 1.01. The maximum absolute atomic E-state index is 4.47. The van der Waals surface area contributed by atoms with Crippen LogP contribution < -0.4 is 4.90 Å². The van der Waals surface area contributed by atoms with Crippen molar-refractivity contribution in [3.05, 3.63) is 11.1 Å². The van der Waals surface area contributed by atoms with E-state index in [1.54, 1.807) is 11.3 Å². The van der Waals surface area contributed by atoms with Gasteiger partial charge in [0.15, 0.2) is 5.13 Å². The summed E-state index contributed by atoms with van der Waals surface area (Å²) in [6.07, 6.45) is 1.17. The van der Waals surface area contributed by atoms with Crippen LogP contribution in [0.15, 0.2) is 5.38 Å². The van der Waals surface area contributed by atoms with Crippen LogP contribution in [-0.2, 0) is 0 Å². The fourth-order valence-electron chi connectivity index (χ4n) is 1.16. The summed E-state index contributed by atoms with van der Waals surface area (Å²) in [5, 5.41) is 4.26. The van der Waals surface area contributed by atoms with Gasteiger partial charge in [0.1, 0.15) is 0 Å². The van der Waals surface area contributed by atoms with E-state index >= 15 is 0 Å². The quantitative estimate of drug-likeness (QED) is 0.759. The first-order valence-corrected chi connectivity index (χ1v) is 6.51. The van der Waals surface area contributed by atoms with Gasteiger partial charge in [-0.1, -0.05) is 22.9 Å². The van der Waals surface area contributed by atoms with Crippen LogP contribution in [-0.4, -0.2) is 23.4 Å². The number of aryl methyl sites for hydroxylation is 1. The van der Waals surface area contributed by atoms with Crippen LogP contribution in [0.5, 0.6) is 0 Å². The van der Waals surface area contributed by atoms with Gasteiger partial charge in [-0.25, -0.2) is 4.98 Å². The average Bonchev–Trinajstić information content (AvgIpc) is 2.51. The van der Waals surface area contributed by atoms with E-state index in [4.69, 9.17) is 0 Å². The second-order valence-corrected chi connectivity index (χ2v) is 4.58. The summed E-state index contributed by atoms with van der Waals surface area (Å²) in [7, 11) is 0. The molecule has 0 aliphatic heterocycles. The van der Waals surface area contributed by atoms with Gasteiger partial charge >= 0.3 is 0 Å². The predicted octanol–water partition coefficient (Wildman–Crippen LogP) is 3.06. The fraction of sp³-hybridized carbons (Fsp3) is 0.667. The zero-order valence-electron chi connectivity index (χ0n) is 8.09. The number of hydrogen-bond donors (Lipinski definition) is 0. The molecular weight excluding hydrogens is 248 g/mol. The van der Waals surface area contributed by atoms with Crippen LogP contribution in [0.2, 0.25) is 0 Å². The molecule has 0 fully saturated rings. The summed E-state index contributed by atoms with van der Waals surface area (Å²) in [4.78, 5) is 6.80. The Labute approximate surface area is 92.1 Å². The molecule has 0 saturated heterocycles. The number of hydrogen-bond acceptors (Lipinski definition) is 3. The van der Waals surface area contributed by atoms with Gasteiger partial charge in [0.2, 0.25) is 0 Å². The Kier molecular flexibility index (Phi) is 4.73. The van der Waals surface area contributed by atoms with Gasteiger partial charge in [-0.2, -0.15) is 0 Å². The monoisotopic (exact) mass is 262 g/mol. The lowest BCUT2D eigenvalue weighted by Crippen LogP contribution is -2.25. The topological polar surface area (TPSA) is 16.1 Å². The summed E-state index contributed by atoms with van der Waals surface area (Å²) in [5.41, 5.74) is 1.12. The minimum atomic E-state index is 1.01. The van der Waals surface area contributed by atoms with E-state index in [9.17, 15) is 0 Å². The number of thiazole rings is 1. The standard InChI is InChI=1S/C9H15BrN2S/c1-3-5-12(6-4-10)9-11-8(2)7-13-9/h7H,3-6H2,1-2H3. The normalized spacial score (nSPS) is 10.4. The molecule has 0 aliphatic carbocycles. The van der Waals surface area contributed by atoms with Crippen LogP contribution >= 0.6 is 27.3 Å². The molecule has 1 aromatic rings. The fourth-order valence-corrected chi connectivity index (χ4v) is 2.45. The number of alkyl halides is 1. The lowest BCUT2D eigenvalue weighted by molar-refractivity contribution is 0.792. The molecule has 0 saturated carbocycles. The Hall–Kier alpha value is -0.0900. The van der Waals surface area contributed by atoms with Crippen molar-refractivity contribution >= 4 is 32.4 Å². The SMILES string of the molecule is CCCN(CCBr)c1nc(C)cs1. The molecule has 0 aliphatic rings. The summed E-state index contributed by atoms with van der Waals surface area (Å²) < 4.78 is 0. The summed E-state index contributed by atoms with van der Waals surface area (Å²) >= 11 is 5.19. The van der Waals surface area contributed by atoms with Crippen LogP contribution in [0.1, 0.15) is 19.0 Å². The van der Waals surface area contributed by atoms with Gasteiger partial charge in [-0.15, -0.1) is 11.3 Å². The first-order chi connectivity index (χ1) is 6.27. The molecule has 13 heavy (non-hydrogen) atoms. The van der Waals surface area contributed by atoms with Crippen molar-refractivity contribution in [1.82, 2.24) is 4.98 Å². The van der Waals surface area contributed by atoms with Gasteiger partial charge in [-0.05, 0) is 13.3 Å². The molecule has 1 aromatic heterocycles. The maximum Gasteiger partial charge on any atom is 0.185 e. The van der Waals surface area contributed by atoms with E-state index in [-0.39, 0.29) is 0 Å². The van der Waals surface area contributed by atoms with E-state index < -0.39 is 0 Å². The lowest BCUT2D eigenvalue weighted by atomic mass is 10.4.